The molecular formula is C15H32N2O. The molecule has 1 saturated heterocycles. The van der Waals surface area contributed by atoms with E-state index in [1.807, 2.05) is 7.11 Å². The van der Waals surface area contributed by atoms with Gasteiger partial charge in [0.25, 0.3) is 0 Å². The van der Waals surface area contributed by atoms with Crippen molar-refractivity contribution in [2.24, 2.45) is 5.92 Å². The van der Waals surface area contributed by atoms with Gasteiger partial charge in [-0.2, -0.15) is 0 Å². The zero-order valence-corrected chi connectivity index (χ0v) is 13.0. The van der Waals surface area contributed by atoms with Gasteiger partial charge >= 0.3 is 0 Å². The molecule has 0 aliphatic carbocycles. The van der Waals surface area contributed by atoms with Crippen molar-refractivity contribution in [3.05, 3.63) is 0 Å². The molecule has 0 aromatic rings. The van der Waals surface area contributed by atoms with Crippen LogP contribution < -0.4 is 5.32 Å². The van der Waals surface area contributed by atoms with E-state index in [4.69, 9.17) is 4.74 Å². The molecule has 0 spiro atoms. The van der Waals surface area contributed by atoms with Gasteiger partial charge in [0.1, 0.15) is 0 Å². The molecule has 1 fully saturated rings. The normalized spacial score (nSPS) is 23.5. The van der Waals surface area contributed by atoms with E-state index < -0.39 is 0 Å². The highest BCUT2D eigenvalue weighted by atomic mass is 16.5. The molecule has 3 nitrogen and oxygen atoms in total. The number of nitrogens with one attached hydrogen (secondary N) is 1. The molecule has 0 aromatic carbocycles. The molecule has 0 saturated carbocycles. The Morgan fingerprint density at radius 2 is 2.11 bits per heavy atom. The largest absolute Gasteiger partial charge is 0.384 e. The van der Waals surface area contributed by atoms with Crippen LogP contribution in [0.1, 0.15) is 47.0 Å². The predicted octanol–water partition coefficient (Wildman–Crippen LogP) is 2.51. The first kappa shape index (κ1) is 15.9. The zero-order chi connectivity index (χ0) is 13.6. The van der Waals surface area contributed by atoms with E-state index in [0.717, 1.165) is 19.1 Å². The van der Waals surface area contributed by atoms with Crippen molar-refractivity contribution >= 4 is 0 Å². The third-order valence-corrected chi connectivity index (χ3v) is 3.73. The Morgan fingerprint density at radius 1 is 1.39 bits per heavy atom. The van der Waals surface area contributed by atoms with Crippen molar-refractivity contribution in [2.75, 3.05) is 33.4 Å². The molecule has 108 valence electrons. The van der Waals surface area contributed by atoms with Gasteiger partial charge in [-0.05, 0) is 46.1 Å². The molecule has 0 amide bonds. The van der Waals surface area contributed by atoms with Crippen molar-refractivity contribution < 1.29 is 4.74 Å². The summed E-state index contributed by atoms with van der Waals surface area (Å²) in [6.07, 6.45) is 3.86. The van der Waals surface area contributed by atoms with Gasteiger partial charge in [0.15, 0.2) is 0 Å². The van der Waals surface area contributed by atoms with E-state index in [0.29, 0.717) is 6.04 Å². The second kappa shape index (κ2) is 7.46. The summed E-state index contributed by atoms with van der Waals surface area (Å²) in [5.74, 6) is 0.740. The highest BCUT2D eigenvalue weighted by molar-refractivity contribution is 4.84. The summed E-state index contributed by atoms with van der Waals surface area (Å²) >= 11 is 0. The first-order valence-electron chi connectivity index (χ1n) is 7.44. The molecule has 1 heterocycles. The first-order valence-corrected chi connectivity index (χ1v) is 7.44. The maximum atomic E-state index is 5.29. The lowest BCUT2D eigenvalue weighted by molar-refractivity contribution is 0.143. The van der Waals surface area contributed by atoms with Crippen LogP contribution in [0.3, 0.4) is 0 Å². The number of methoxy groups -OCH3 is 1. The van der Waals surface area contributed by atoms with Gasteiger partial charge < -0.3 is 10.1 Å². The van der Waals surface area contributed by atoms with Gasteiger partial charge in [-0.1, -0.05) is 13.3 Å². The van der Waals surface area contributed by atoms with Crippen LogP contribution in [0.5, 0.6) is 0 Å². The van der Waals surface area contributed by atoms with E-state index in [1.165, 1.54) is 32.4 Å². The van der Waals surface area contributed by atoms with E-state index in [2.05, 4.69) is 37.9 Å². The average Bonchev–Trinajstić information content (AvgIpc) is 2.72. The predicted molar refractivity (Wildman–Crippen MR) is 78.0 cm³/mol. The molecule has 1 N–H and O–H groups in total. The molecule has 2 atom stereocenters. The summed E-state index contributed by atoms with van der Waals surface area (Å²) in [6, 6.07) is 0.691. The number of hydrogen-bond donors (Lipinski definition) is 1. The van der Waals surface area contributed by atoms with Gasteiger partial charge in [-0.25, -0.2) is 0 Å². The molecule has 1 rings (SSSR count). The van der Waals surface area contributed by atoms with Crippen LogP contribution in [-0.2, 0) is 4.74 Å². The van der Waals surface area contributed by atoms with Crippen molar-refractivity contribution in [2.45, 2.75) is 58.5 Å². The standard InChI is InChI=1S/C15H32N2O/c1-6-7-14(10-16-15(2,3)4)17-9-8-13(11-17)12-18-5/h13-14,16H,6-12H2,1-5H3. The minimum absolute atomic E-state index is 0.220. The van der Waals surface area contributed by atoms with E-state index in [9.17, 15) is 0 Å². The summed E-state index contributed by atoms with van der Waals surface area (Å²) in [5, 5.41) is 3.66. The summed E-state index contributed by atoms with van der Waals surface area (Å²) in [6.45, 7) is 13.5. The summed E-state index contributed by atoms with van der Waals surface area (Å²) in [7, 11) is 1.81. The fourth-order valence-electron chi connectivity index (χ4n) is 2.74. The third kappa shape index (κ3) is 5.68. The van der Waals surface area contributed by atoms with Crippen LogP contribution in [0.25, 0.3) is 0 Å². The molecule has 1 aliphatic heterocycles. The topological polar surface area (TPSA) is 24.5 Å². The first-order chi connectivity index (χ1) is 8.46. The number of hydrogen-bond acceptors (Lipinski definition) is 3. The van der Waals surface area contributed by atoms with Gasteiger partial charge in [-0.3, -0.25) is 4.90 Å². The summed E-state index contributed by atoms with van der Waals surface area (Å²) in [4.78, 5) is 2.66. The highest BCUT2D eigenvalue weighted by Gasteiger charge is 2.28. The molecule has 18 heavy (non-hydrogen) atoms. The Morgan fingerprint density at radius 3 is 2.67 bits per heavy atom. The molecule has 0 bridgehead atoms. The van der Waals surface area contributed by atoms with Crippen molar-refractivity contribution in [1.29, 1.82) is 0 Å². The Bertz CT molecular complexity index is 225. The van der Waals surface area contributed by atoms with Crippen LogP contribution in [-0.4, -0.2) is 49.8 Å². The number of rotatable bonds is 7. The lowest BCUT2D eigenvalue weighted by atomic mass is 10.1. The van der Waals surface area contributed by atoms with Crippen molar-refractivity contribution in [3.8, 4) is 0 Å². The average molecular weight is 256 g/mol. The minimum Gasteiger partial charge on any atom is -0.384 e. The second-order valence-corrected chi connectivity index (χ2v) is 6.68. The number of likely N-dealkylation sites (tertiary alicyclic amines) is 1. The number of ether oxygens (including phenoxy) is 1. The van der Waals surface area contributed by atoms with Gasteiger partial charge in [0.2, 0.25) is 0 Å². The Kier molecular flexibility index (Phi) is 6.61. The molecular weight excluding hydrogens is 224 g/mol. The molecule has 1 aliphatic rings. The van der Waals surface area contributed by atoms with Crippen LogP contribution >= 0.6 is 0 Å². The lowest BCUT2D eigenvalue weighted by Gasteiger charge is -2.31. The smallest absolute Gasteiger partial charge is 0.0503 e. The van der Waals surface area contributed by atoms with Crippen molar-refractivity contribution in [3.63, 3.8) is 0 Å². The minimum atomic E-state index is 0.220. The third-order valence-electron chi connectivity index (χ3n) is 3.73. The van der Waals surface area contributed by atoms with Gasteiger partial charge in [0, 0.05) is 31.8 Å². The maximum Gasteiger partial charge on any atom is 0.0503 e. The molecule has 0 aromatic heterocycles. The molecule has 3 heteroatoms. The van der Waals surface area contributed by atoms with Crippen LogP contribution in [0.2, 0.25) is 0 Å². The number of nitrogens with zero attached hydrogens (tertiary/aromatic N) is 1. The quantitative estimate of drug-likeness (QED) is 0.757. The highest BCUT2D eigenvalue weighted by Crippen LogP contribution is 2.21. The SMILES string of the molecule is CCCC(CNC(C)(C)C)N1CCC(COC)C1. The van der Waals surface area contributed by atoms with Crippen LogP contribution in [0.4, 0.5) is 0 Å². The van der Waals surface area contributed by atoms with E-state index in [-0.39, 0.29) is 5.54 Å². The van der Waals surface area contributed by atoms with E-state index >= 15 is 0 Å². The van der Waals surface area contributed by atoms with Crippen molar-refractivity contribution in [1.82, 2.24) is 10.2 Å². The van der Waals surface area contributed by atoms with Gasteiger partial charge in [-0.15, -0.1) is 0 Å². The molecule has 2 unspecified atom stereocenters. The summed E-state index contributed by atoms with van der Waals surface area (Å²) in [5.41, 5.74) is 0.220. The Labute approximate surface area is 113 Å². The maximum absolute atomic E-state index is 5.29. The Balaban J connectivity index is 2.42. The molecule has 0 radical (unpaired) electrons. The van der Waals surface area contributed by atoms with Crippen LogP contribution in [0, 0.1) is 5.92 Å². The van der Waals surface area contributed by atoms with Crippen LogP contribution in [0.15, 0.2) is 0 Å². The lowest BCUT2D eigenvalue weighted by Crippen LogP contribution is -2.47. The fraction of sp³-hybridized carbons (Fsp3) is 1.00. The second-order valence-electron chi connectivity index (χ2n) is 6.68. The van der Waals surface area contributed by atoms with Gasteiger partial charge in [0.05, 0.1) is 6.61 Å². The Hall–Kier alpha value is -0.120. The summed E-state index contributed by atoms with van der Waals surface area (Å²) < 4.78 is 5.29. The van der Waals surface area contributed by atoms with E-state index in [1.54, 1.807) is 0 Å². The monoisotopic (exact) mass is 256 g/mol. The zero-order valence-electron chi connectivity index (χ0n) is 13.0. The fourth-order valence-corrected chi connectivity index (χ4v) is 2.74.